The van der Waals surface area contributed by atoms with Gasteiger partial charge in [-0.2, -0.15) is 0 Å². The van der Waals surface area contributed by atoms with Crippen molar-refractivity contribution in [2.75, 3.05) is 20.2 Å². The molecule has 0 saturated heterocycles. The molecule has 2 N–H and O–H groups in total. The minimum Gasteiger partial charge on any atom is -0.493 e. The van der Waals surface area contributed by atoms with Crippen LogP contribution in [0.15, 0.2) is 77.0 Å². The maximum absolute atomic E-state index is 13.5. The second kappa shape index (κ2) is 13.0. The van der Waals surface area contributed by atoms with Gasteiger partial charge in [0.2, 0.25) is 5.91 Å². The van der Waals surface area contributed by atoms with Gasteiger partial charge < -0.3 is 15.0 Å². The molecule has 1 aliphatic rings. The van der Waals surface area contributed by atoms with Crippen LogP contribution in [-0.2, 0) is 21.4 Å². The van der Waals surface area contributed by atoms with E-state index in [1.807, 2.05) is 61.5 Å². The fraction of sp³-hybridized carbons (Fsp3) is 0.364. The first-order valence-corrected chi connectivity index (χ1v) is 16.7. The van der Waals surface area contributed by atoms with Gasteiger partial charge in [-0.3, -0.25) is 4.79 Å². The topological polar surface area (TPSA) is 87.7 Å². The van der Waals surface area contributed by atoms with Crippen molar-refractivity contribution >= 4 is 37.4 Å². The van der Waals surface area contributed by atoms with Gasteiger partial charge in [-0.05, 0) is 54.6 Å². The van der Waals surface area contributed by atoms with Gasteiger partial charge in [-0.1, -0.05) is 74.0 Å². The summed E-state index contributed by atoms with van der Waals surface area (Å²) in [6.07, 6.45) is 0.617. The highest BCUT2D eigenvalue weighted by atomic mass is 32.2. The molecule has 222 valence electrons. The molecule has 42 heavy (non-hydrogen) atoms. The molecule has 0 spiro atoms. The van der Waals surface area contributed by atoms with Gasteiger partial charge in [0.15, 0.2) is 0 Å². The average Bonchev–Trinajstić information content (AvgIpc) is 3.37. The average molecular weight is 606 g/mol. The van der Waals surface area contributed by atoms with Crippen LogP contribution in [0.25, 0.3) is 10.1 Å². The minimum absolute atomic E-state index is 0.0297. The molecule has 7 nitrogen and oxygen atoms in total. The van der Waals surface area contributed by atoms with Crippen molar-refractivity contribution < 1.29 is 17.9 Å². The number of hydrogen-bond donors (Lipinski definition) is 2. The Bertz CT molecular complexity index is 1650. The normalized spacial score (nSPS) is 15.9. The summed E-state index contributed by atoms with van der Waals surface area (Å²) >= 11 is 1.23. The summed E-state index contributed by atoms with van der Waals surface area (Å²) in [5.74, 6) is 1.15. The summed E-state index contributed by atoms with van der Waals surface area (Å²) in [5, 5.41) is 4.04. The number of nitrogens with zero attached hydrogens (tertiary/aromatic N) is 1. The molecule has 3 aromatic carbocycles. The lowest BCUT2D eigenvalue weighted by atomic mass is 9.97. The van der Waals surface area contributed by atoms with Crippen LogP contribution < -0.4 is 14.8 Å². The largest absolute Gasteiger partial charge is 0.493 e. The van der Waals surface area contributed by atoms with Gasteiger partial charge in [0, 0.05) is 36.2 Å². The molecule has 2 unspecified atom stereocenters. The van der Waals surface area contributed by atoms with E-state index in [4.69, 9.17) is 4.74 Å². The van der Waals surface area contributed by atoms with E-state index in [1.54, 1.807) is 6.07 Å². The van der Waals surface area contributed by atoms with Gasteiger partial charge >= 0.3 is 0 Å². The molecule has 0 saturated carbocycles. The first-order valence-electron chi connectivity index (χ1n) is 14.4. The molecule has 4 aromatic rings. The zero-order valence-electron chi connectivity index (χ0n) is 24.6. The first-order chi connectivity index (χ1) is 20.1. The van der Waals surface area contributed by atoms with Crippen molar-refractivity contribution in [2.45, 2.75) is 56.5 Å². The van der Waals surface area contributed by atoms with Crippen molar-refractivity contribution in [3.63, 3.8) is 0 Å². The Labute approximate surface area is 253 Å². The molecular weight excluding hydrogens is 567 g/mol. The lowest BCUT2D eigenvalue weighted by Gasteiger charge is -2.28. The van der Waals surface area contributed by atoms with Crippen LogP contribution in [0.4, 0.5) is 0 Å². The second-order valence-electron chi connectivity index (χ2n) is 11.6. The highest BCUT2D eigenvalue weighted by molar-refractivity contribution is 7.91. The predicted octanol–water partition coefficient (Wildman–Crippen LogP) is 6.35. The quantitative estimate of drug-likeness (QED) is 0.208. The van der Waals surface area contributed by atoms with Gasteiger partial charge in [0.05, 0.1) is 18.7 Å². The van der Waals surface area contributed by atoms with Crippen LogP contribution in [0.5, 0.6) is 5.75 Å². The Kier molecular flexibility index (Phi) is 9.32. The molecule has 1 amide bonds. The monoisotopic (exact) mass is 605 g/mol. The van der Waals surface area contributed by atoms with Gasteiger partial charge in [-0.25, -0.2) is 13.1 Å². The number of carbonyl (C=O) groups excluding carboxylic acids is 1. The van der Waals surface area contributed by atoms with Crippen molar-refractivity contribution in [2.24, 2.45) is 5.92 Å². The molecule has 2 atom stereocenters. The minimum atomic E-state index is -3.87. The molecule has 0 bridgehead atoms. The van der Waals surface area contributed by atoms with Crippen molar-refractivity contribution in [3.05, 3.63) is 95.1 Å². The Hall–Kier alpha value is -3.24. The summed E-state index contributed by atoms with van der Waals surface area (Å²) < 4.78 is 37.0. The number of hydrogen-bond acceptors (Lipinski definition) is 6. The number of amides is 1. The Morgan fingerprint density at radius 1 is 1.07 bits per heavy atom. The number of carbonyl (C=O) groups is 1. The molecule has 1 aliphatic heterocycles. The standard InChI is InChI=1S/C33H39N3O4S2/c1-22(2)20-36(4)21-24-11-12-27-28(14-15-40-30(27)17-24)34-32(37)19-29(25-8-6-5-7-9-25)35-42(38,39)33-18-26-16-23(3)10-13-31(26)41-33/h5-13,16-18,22,28-29,35H,14-15,19-21H2,1-4H3,(H,34,37). The number of fused-ring (bicyclic) bond motifs is 2. The van der Waals surface area contributed by atoms with Crippen LogP contribution >= 0.6 is 11.3 Å². The number of thiophene rings is 1. The maximum atomic E-state index is 13.5. The molecule has 9 heteroatoms. The Morgan fingerprint density at radius 3 is 2.62 bits per heavy atom. The lowest BCUT2D eigenvalue weighted by molar-refractivity contribution is -0.122. The lowest BCUT2D eigenvalue weighted by Crippen LogP contribution is -2.36. The van der Waals surface area contributed by atoms with E-state index >= 15 is 0 Å². The number of nitrogens with one attached hydrogen (secondary N) is 2. The van der Waals surface area contributed by atoms with E-state index in [0.717, 1.165) is 45.6 Å². The summed E-state index contributed by atoms with van der Waals surface area (Å²) in [5.41, 5.74) is 3.91. The van der Waals surface area contributed by atoms with E-state index in [2.05, 4.69) is 48.0 Å². The first kappa shape index (κ1) is 30.2. The smallest absolute Gasteiger partial charge is 0.250 e. The number of benzene rings is 3. The van der Waals surface area contributed by atoms with Crippen molar-refractivity contribution in [1.29, 1.82) is 0 Å². The van der Waals surface area contributed by atoms with Gasteiger partial charge in [-0.15, -0.1) is 11.3 Å². The molecule has 1 aromatic heterocycles. The molecular formula is C33H39N3O4S2. The molecule has 5 rings (SSSR count). The van der Waals surface area contributed by atoms with E-state index in [-0.39, 0.29) is 22.6 Å². The van der Waals surface area contributed by atoms with Gasteiger partial charge in [0.25, 0.3) is 10.0 Å². The maximum Gasteiger partial charge on any atom is 0.250 e. The zero-order chi connectivity index (χ0) is 29.9. The third-order valence-corrected chi connectivity index (χ3v) is 10.4. The van der Waals surface area contributed by atoms with Crippen LogP contribution in [0.1, 0.15) is 61.0 Å². The number of rotatable bonds is 11. The van der Waals surface area contributed by atoms with Crippen LogP contribution in [-0.4, -0.2) is 39.4 Å². The summed E-state index contributed by atoms with van der Waals surface area (Å²) in [6.45, 7) is 8.73. The highest BCUT2D eigenvalue weighted by Gasteiger charge is 2.28. The second-order valence-corrected chi connectivity index (χ2v) is 14.6. The predicted molar refractivity (Wildman–Crippen MR) is 169 cm³/mol. The zero-order valence-corrected chi connectivity index (χ0v) is 26.2. The molecule has 0 radical (unpaired) electrons. The van der Waals surface area contributed by atoms with E-state index < -0.39 is 16.1 Å². The van der Waals surface area contributed by atoms with E-state index in [1.165, 1.54) is 16.9 Å². The Morgan fingerprint density at radius 2 is 1.86 bits per heavy atom. The number of sulfonamides is 1. The number of aryl methyl sites for hydroxylation is 1. The number of ether oxygens (including phenoxy) is 1. The van der Waals surface area contributed by atoms with Crippen molar-refractivity contribution in [1.82, 2.24) is 14.9 Å². The highest BCUT2D eigenvalue weighted by Crippen LogP contribution is 2.34. The fourth-order valence-electron chi connectivity index (χ4n) is 5.55. The third-order valence-electron chi connectivity index (χ3n) is 7.38. The fourth-order valence-corrected chi connectivity index (χ4v) is 8.17. The summed E-state index contributed by atoms with van der Waals surface area (Å²) in [7, 11) is -1.75. The summed E-state index contributed by atoms with van der Waals surface area (Å²) in [4.78, 5) is 15.7. The van der Waals surface area contributed by atoms with Gasteiger partial charge in [0.1, 0.15) is 9.96 Å². The third kappa shape index (κ3) is 7.39. The van der Waals surface area contributed by atoms with Crippen LogP contribution in [0, 0.1) is 12.8 Å². The van der Waals surface area contributed by atoms with Crippen molar-refractivity contribution in [3.8, 4) is 5.75 Å². The summed E-state index contributed by atoms with van der Waals surface area (Å²) in [6, 6.07) is 22.1. The SMILES string of the molecule is Cc1ccc2sc(S(=O)(=O)NC(CC(=O)NC3CCOc4cc(CN(C)CC(C)C)ccc43)c3ccccc3)cc2c1. The Balaban J connectivity index is 1.31. The van der Waals surface area contributed by atoms with Crippen LogP contribution in [0.2, 0.25) is 0 Å². The van der Waals surface area contributed by atoms with E-state index in [9.17, 15) is 13.2 Å². The van der Waals surface area contributed by atoms with E-state index in [0.29, 0.717) is 18.9 Å². The molecule has 2 heterocycles. The van der Waals surface area contributed by atoms with Crippen LogP contribution in [0.3, 0.4) is 0 Å². The molecule has 0 aliphatic carbocycles. The molecule has 0 fully saturated rings.